The number of aliphatic hydroxyl groups is 4. The van der Waals surface area contributed by atoms with Gasteiger partial charge >= 0.3 is 5.97 Å². The number of rotatable bonds is 5. The number of ketones is 1. The highest BCUT2D eigenvalue weighted by Gasteiger charge is 2.83. The third kappa shape index (κ3) is 7.50. The van der Waals surface area contributed by atoms with Crippen LogP contribution in [0.4, 0.5) is 0 Å². The van der Waals surface area contributed by atoms with Gasteiger partial charge in [0.15, 0.2) is 5.78 Å². The van der Waals surface area contributed by atoms with Crippen molar-refractivity contribution in [3.8, 4) is 29.1 Å². The van der Waals surface area contributed by atoms with Crippen molar-refractivity contribution in [2.45, 2.75) is 293 Å². The number of benzene rings is 2. The zero-order valence-electron chi connectivity index (χ0n) is 57.0. The van der Waals surface area contributed by atoms with Gasteiger partial charge in [-0.3, -0.25) is 15.6 Å². The molecule has 2 aromatic carbocycles. The van der Waals surface area contributed by atoms with Crippen LogP contribution in [0, 0.1) is 96.6 Å². The number of nitrogens with one attached hydrogen (secondary N) is 2. The minimum atomic E-state index is -1.86. The van der Waals surface area contributed by atoms with Crippen LogP contribution < -0.4 is 15.6 Å². The Labute approximate surface area is 565 Å². The summed E-state index contributed by atoms with van der Waals surface area (Å²) in [5, 5.41) is 88.2. The van der Waals surface area contributed by atoms with Crippen LogP contribution in [0.5, 0.6) is 17.2 Å². The number of phenolic OH excluding ortho intramolecular Hbond substituents is 2. The summed E-state index contributed by atoms with van der Waals surface area (Å²) in [6.45, 7) is 4.12. The topological polar surface area (TPSA) is 237 Å². The summed E-state index contributed by atoms with van der Waals surface area (Å²) in [6, 6.07) is 1.58. The number of carboxylic acid groups (broad SMARTS) is 1. The van der Waals surface area contributed by atoms with E-state index in [2.05, 4.69) is 28.8 Å². The predicted octanol–water partition coefficient (Wildman–Crippen LogP) is 12.6. The summed E-state index contributed by atoms with van der Waals surface area (Å²) < 4.78 is 29.7. The van der Waals surface area contributed by atoms with Gasteiger partial charge in [-0.15, -0.1) is 0 Å². The Kier molecular flexibility index (Phi) is 13.0. The normalized spacial score (nSPS) is 47.8. The number of fused-ring (bicyclic) bond motifs is 6. The molecular weight excluding hydrogens is 1210 g/mol. The van der Waals surface area contributed by atoms with Gasteiger partial charge < -0.3 is 54.7 Å². The molecule has 7 aliphatic heterocycles. The first-order valence-electron chi connectivity index (χ1n) is 38.6. The van der Waals surface area contributed by atoms with E-state index in [9.17, 15) is 45.3 Å². The lowest BCUT2D eigenvalue weighted by Crippen LogP contribution is -2.81. The van der Waals surface area contributed by atoms with Crippen LogP contribution in [0.15, 0.2) is 28.9 Å². The molecule has 15 nitrogen and oxygen atoms in total. The molecule has 20 atom stereocenters. The molecule has 11 spiro atoms. The molecular formula is C81H104N2O13. The van der Waals surface area contributed by atoms with Crippen molar-refractivity contribution >= 4 is 22.5 Å². The summed E-state index contributed by atoms with van der Waals surface area (Å²) in [5.41, 5.74) is 10.7. The molecule has 15 heteroatoms. The summed E-state index contributed by atoms with van der Waals surface area (Å²) in [6.07, 6.45) is 31.6. The van der Waals surface area contributed by atoms with Crippen LogP contribution in [0.25, 0.3) is 10.8 Å². The first-order valence-corrected chi connectivity index (χ1v) is 38.6. The molecule has 0 aromatic heterocycles. The summed E-state index contributed by atoms with van der Waals surface area (Å²) in [7, 11) is 0. The fourth-order valence-corrected chi connectivity index (χ4v) is 31.3. The largest absolute Gasteiger partial charge is 0.507 e. The second kappa shape index (κ2) is 20.2. The van der Waals surface area contributed by atoms with E-state index in [1.165, 1.54) is 165 Å². The van der Waals surface area contributed by atoms with Crippen molar-refractivity contribution < 1.29 is 64.3 Å². The molecule has 15 fully saturated rings. The van der Waals surface area contributed by atoms with E-state index in [1.54, 1.807) is 0 Å². The number of carbonyl (C=O) groups is 2. The number of aliphatic hydroxyl groups excluding tert-OH is 4. The Morgan fingerprint density at radius 3 is 2.26 bits per heavy atom. The van der Waals surface area contributed by atoms with Crippen LogP contribution in [0.1, 0.15) is 257 Å². The number of allylic oxidation sites excluding steroid dienone is 1. The fourth-order valence-electron chi connectivity index (χ4n) is 31.3. The number of Topliss-reactive ketones (excluding diaryl/α,β-unsaturated/α-hetero) is 1. The summed E-state index contributed by atoms with van der Waals surface area (Å²) in [4.78, 5) is 27.6. The number of aromatic hydroxyl groups is 2. The molecule has 19 aliphatic rings. The monoisotopic (exact) mass is 1310 g/mol. The second-order valence-corrected chi connectivity index (χ2v) is 37.5. The van der Waals surface area contributed by atoms with E-state index in [0.29, 0.717) is 56.1 Å². The quantitative estimate of drug-likeness (QED) is 0.0769. The van der Waals surface area contributed by atoms with Gasteiger partial charge in [0.2, 0.25) is 6.29 Å². The van der Waals surface area contributed by atoms with Gasteiger partial charge in [0, 0.05) is 70.4 Å². The van der Waals surface area contributed by atoms with Crippen molar-refractivity contribution in [3.05, 3.63) is 51.1 Å². The van der Waals surface area contributed by atoms with E-state index in [1.807, 2.05) is 0 Å². The lowest BCUT2D eigenvalue weighted by Gasteiger charge is -2.72. The number of ether oxygens (including phenoxy) is 4. The number of phenols is 2. The molecule has 11 saturated carbocycles. The van der Waals surface area contributed by atoms with Crippen molar-refractivity contribution in [2.75, 3.05) is 19.8 Å². The van der Waals surface area contributed by atoms with Gasteiger partial charge in [-0.05, 0) is 265 Å². The Bertz CT molecular complexity index is 3870. The maximum Gasteiger partial charge on any atom is 0.336 e. The number of carbonyl (C=O) groups excluding carboxylic acids is 1. The zero-order valence-corrected chi connectivity index (χ0v) is 57.0. The molecule has 0 radical (unpaired) electrons. The van der Waals surface area contributed by atoms with Gasteiger partial charge in [0.05, 0.1) is 35.3 Å². The summed E-state index contributed by atoms with van der Waals surface area (Å²) in [5.74, 6) is 4.40. The van der Waals surface area contributed by atoms with Crippen LogP contribution in [0.3, 0.4) is 0 Å². The average molecular weight is 1310 g/mol. The lowest BCUT2D eigenvalue weighted by atomic mass is 9.38. The van der Waals surface area contributed by atoms with Crippen LogP contribution in [-0.2, 0) is 20.6 Å². The first kappa shape index (κ1) is 61.8. The highest BCUT2D eigenvalue weighted by molar-refractivity contribution is 6.12. The SMILES string of the molecule is CC(=O)c1c(C)c(O)c2cc(C(=O)O)c3c(c2c1O)O[C@@H]1O[C@@H]2[C@H](O)C4(CCCC4)C[C@@H]4O[C@@]2(C[C@@H]2C5=C4CC=C5[C@]4(CCCO)COC[C@H]5C[C@@]67C[C@]2(NN[C@@H]6C[C@@]2(C7)C[C@@]6(C[C@@]27CCC2(CCCC2)C7)C[C@]2(CCC[C@]27CC[C@@H](C#CC3)C7)CC62CCCC2)[C@@H]54)[C@H](O)[C@H]1O. The number of hydrazine groups is 1. The number of aromatic carboxylic acids is 1. The van der Waals surface area contributed by atoms with Gasteiger partial charge in [-0.25, -0.2) is 4.79 Å². The van der Waals surface area contributed by atoms with Crippen molar-refractivity contribution in [2.24, 2.45) is 77.8 Å². The highest BCUT2D eigenvalue weighted by atomic mass is 16.7. The Morgan fingerprint density at radius 1 is 0.740 bits per heavy atom. The number of carboxylic acids is 1. The molecule has 2 aromatic rings. The van der Waals surface area contributed by atoms with Gasteiger partial charge in [-0.1, -0.05) is 62.9 Å². The molecule has 0 unspecified atom stereocenters. The van der Waals surface area contributed by atoms with E-state index in [0.717, 1.165) is 51.4 Å². The number of hydrogen-bond acceptors (Lipinski definition) is 14. The Morgan fingerprint density at radius 2 is 1.48 bits per heavy atom. The minimum Gasteiger partial charge on any atom is -0.507 e. The van der Waals surface area contributed by atoms with Crippen molar-refractivity contribution in [1.29, 1.82) is 0 Å². The maximum absolute atomic E-state index is 14.0. The molecule has 11 bridgehead atoms. The molecule has 12 aliphatic carbocycles. The maximum atomic E-state index is 14.0. The average Bonchev–Trinajstić information content (AvgIpc) is 1.33. The molecule has 96 heavy (non-hydrogen) atoms. The van der Waals surface area contributed by atoms with Gasteiger partial charge in [-0.2, -0.15) is 0 Å². The third-order valence-corrected chi connectivity index (χ3v) is 34.1. The molecule has 7 heterocycles. The second-order valence-electron chi connectivity index (χ2n) is 37.5. The molecule has 516 valence electrons. The fraction of sp³-hybridized carbons (Fsp3) is 0.778. The van der Waals surface area contributed by atoms with Crippen molar-refractivity contribution in [3.63, 3.8) is 0 Å². The molecule has 21 rings (SSSR count). The first-order chi connectivity index (χ1) is 46.2. The Balaban J connectivity index is 0.819. The number of hydrogen-bond donors (Lipinski definition) is 9. The third-order valence-electron chi connectivity index (χ3n) is 34.1. The van der Waals surface area contributed by atoms with Gasteiger partial charge in [0.25, 0.3) is 0 Å². The van der Waals surface area contributed by atoms with E-state index < -0.39 is 82.0 Å². The van der Waals surface area contributed by atoms with E-state index in [-0.39, 0.29) is 120 Å². The standard InChI is InChI=1S/C81H104N2O13/c1-45-57(46(2)85)61(87)59-52(60(45)86)30-51(68(91)92)49-13-9-12-47-16-26-73(31-47)23-10-24-75(73)40-74(21-7-8-22-74)78(41-75)42-76(28-27-70(37-76)17-3-4-18-70)77(43-78)35-56-72(38-77)32-48-36-93-44-79(25-11-29-84)53-15-14-50-55-34-71(19-5-6-20-71)66(90)67-81(96-55,65(89)62(88)69(95-67)94-63(49)59)33-54(58(50)53)80(39-72,64(48)79)83-82-56/h15,30,47-48,54-56,62,64-67,69,82-84,86-90H,3-8,10-11,13-14,16-29,31-44H2,1-2H3,(H,91,92)/t47-,48-,54-,55+,56-,62-,64+,65-,66+,67-,69-,72-,73-,75+,76+,77-,78+,79+,80-,81+/m1/s1. The minimum absolute atomic E-state index is 0.0650. The van der Waals surface area contributed by atoms with Crippen LogP contribution >= 0.6 is 0 Å². The predicted molar refractivity (Wildman–Crippen MR) is 356 cm³/mol. The van der Waals surface area contributed by atoms with Crippen LogP contribution in [-0.4, -0.2) is 121 Å². The highest BCUT2D eigenvalue weighted by Crippen LogP contribution is 2.89. The van der Waals surface area contributed by atoms with Crippen LogP contribution in [0.2, 0.25) is 0 Å². The molecule has 0 amide bonds. The Hall–Kier alpha value is -4.08. The summed E-state index contributed by atoms with van der Waals surface area (Å²) >= 11 is 0. The molecule has 4 saturated heterocycles. The molecule has 9 N–H and O–H groups in total. The zero-order chi connectivity index (χ0) is 65.4. The van der Waals surface area contributed by atoms with Crippen molar-refractivity contribution in [1.82, 2.24) is 10.9 Å². The van der Waals surface area contributed by atoms with E-state index >= 15 is 0 Å². The lowest BCUT2D eigenvalue weighted by molar-refractivity contribution is -0.340. The smallest absolute Gasteiger partial charge is 0.336 e. The van der Waals surface area contributed by atoms with E-state index in [4.69, 9.17) is 18.9 Å². The van der Waals surface area contributed by atoms with Gasteiger partial charge in [0.1, 0.15) is 41.2 Å².